The highest BCUT2D eigenvalue weighted by atomic mass is 32.1. The van der Waals surface area contributed by atoms with Gasteiger partial charge in [-0.05, 0) is 37.5 Å². The Bertz CT molecular complexity index is 132. The van der Waals surface area contributed by atoms with E-state index in [1.807, 2.05) is 0 Å². The zero-order valence-electron chi connectivity index (χ0n) is 8.45. The van der Waals surface area contributed by atoms with E-state index in [1.54, 1.807) is 0 Å². The summed E-state index contributed by atoms with van der Waals surface area (Å²) in [6.07, 6.45) is 2.82. The molecule has 2 heteroatoms. The Kier molecular flexibility index (Phi) is 3.91. The topological polar surface area (TPSA) is 3.24 Å². The Balaban J connectivity index is 2.25. The average Bonchev–Trinajstić information content (AvgIpc) is 2.80. The van der Waals surface area contributed by atoms with Crippen LogP contribution in [0.25, 0.3) is 0 Å². The van der Waals surface area contributed by atoms with Gasteiger partial charge in [0.15, 0.2) is 0 Å². The molecule has 1 rings (SSSR count). The largest absolute Gasteiger partial charge is 0.303 e. The molecule has 0 amide bonds. The van der Waals surface area contributed by atoms with Crippen molar-refractivity contribution in [2.24, 2.45) is 11.8 Å². The second-order valence-corrected chi connectivity index (χ2v) is 4.72. The van der Waals surface area contributed by atoms with E-state index in [1.165, 1.54) is 19.4 Å². The molecule has 1 unspecified atom stereocenters. The Labute approximate surface area is 81.9 Å². The van der Waals surface area contributed by atoms with Gasteiger partial charge in [-0.3, -0.25) is 0 Å². The molecule has 0 N–H and O–H groups in total. The summed E-state index contributed by atoms with van der Waals surface area (Å²) in [6.45, 7) is 5.81. The first-order valence-electron chi connectivity index (χ1n) is 4.96. The van der Waals surface area contributed by atoms with Crippen molar-refractivity contribution in [1.82, 2.24) is 4.90 Å². The van der Waals surface area contributed by atoms with Gasteiger partial charge in [0.25, 0.3) is 0 Å². The molecule has 1 aliphatic carbocycles. The summed E-state index contributed by atoms with van der Waals surface area (Å²) in [5.41, 5.74) is 0. The summed E-state index contributed by atoms with van der Waals surface area (Å²) in [5, 5.41) is 0. The van der Waals surface area contributed by atoms with Gasteiger partial charge < -0.3 is 4.90 Å². The molecule has 1 fully saturated rings. The number of nitrogens with zero attached hydrogens (tertiary/aromatic N) is 1. The maximum absolute atomic E-state index is 4.39. The minimum absolute atomic E-state index is 0.763. The van der Waals surface area contributed by atoms with Gasteiger partial charge in [0.2, 0.25) is 0 Å². The molecule has 0 aromatic carbocycles. The Morgan fingerprint density at radius 2 is 2.00 bits per heavy atom. The smallest absolute Gasteiger partial charge is 0.00934 e. The number of rotatable bonds is 5. The molecule has 0 aliphatic heterocycles. The maximum atomic E-state index is 4.39. The van der Waals surface area contributed by atoms with Crippen LogP contribution < -0.4 is 0 Å². The highest BCUT2D eigenvalue weighted by Crippen LogP contribution is 2.27. The van der Waals surface area contributed by atoms with E-state index >= 15 is 0 Å². The first-order valence-corrected chi connectivity index (χ1v) is 5.59. The van der Waals surface area contributed by atoms with E-state index in [0.717, 1.165) is 23.6 Å². The average molecular weight is 187 g/mol. The van der Waals surface area contributed by atoms with Crippen LogP contribution >= 0.6 is 12.6 Å². The first-order chi connectivity index (χ1) is 5.65. The predicted molar refractivity (Wildman–Crippen MR) is 57.8 cm³/mol. The molecule has 0 heterocycles. The molecule has 1 nitrogen and oxygen atoms in total. The van der Waals surface area contributed by atoms with Gasteiger partial charge in [-0.25, -0.2) is 0 Å². The molecule has 72 valence electrons. The van der Waals surface area contributed by atoms with Gasteiger partial charge in [0.1, 0.15) is 0 Å². The van der Waals surface area contributed by atoms with Crippen LogP contribution in [0.2, 0.25) is 0 Å². The third-order valence-electron chi connectivity index (χ3n) is 2.87. The van der Waals surface area contributed by atoms with Gasteiger partial charge in [0, 0.05) is 12.6 Å². The van der Waals surface area contributed by atoms with Crippen molar-refractivity contribution in [2.75, 3.05) is 19.3 Å². The van der Waals surface area contributed by atoms with E-state index in [9.17, 15) is 0 Å². The molecule has 1 saturated carbocycles. The van der Waals surface area contributed by atoms with Gasteiger partial charge >= 0.3 is 0 Å². The van der Waals surface area contributed by atoms with Crippen LogP contribution in [-0.4, -0.2) is 30.3 Å². The molecule has 0 bridgehead atoms. The first kappa shape index (κ1) is 10.4. The van der Waals surface area contributed by atoms with Crippen LogP contribution in [0.15, 0.2) is 0 Å². The predicted octanol–water partition coefficient (Wildman–Crippen LogP) is 2.28. The SMILES string of the molecule is CC(C)C(CS)CN(C)C1CC1. The van der Waals surface area contributed by atoms with Crippen molar-refractivity contribution in [1.29, 1.82) is 0 Å². The van der Waals surface area contributed by atoms with E-state index < -0.39 is 0 Å². The summed E-state index contributed by atoms with van der Waals surface area (Å²) >= 11 is 4.39. The van der Waals surface area contributed by atoms with Crippen LogP contribution in [0.3, 0.4) is 0 Å². The molecule has 0 aromatic rings. The monoisotopic (exact) mass is 187 g/mol. The van der Waals surface area contributed by atoms with Crippen molar-refractivity contribution in [3.8, 4) is 0 Å². The van der Waals surface area contributed by atoms with E-state index in [0.29, 0.717) is 0 Å². The van der Waals surface area contributed by atoms with E-state index in [4.69, 9.17) is 0 Å². The van der Waals surface area contributed by atoms with Crippen molar-refractivity contribution in [3.05, 3.63) is 0 Å². The second-order valence-electron chi connectivity index (χ2n) is 4.36. The summed E-state index contributed by atoms with van der Waals surface area (Å²) in [7, 11) is 2.25. The van der Waals surface area contributed by atoms with E-state index in [-0.39, 0.29) is 0 Å². The summed E-state index contributed by atoms with van der Waals surface area (Å²) in [6, 6.07) is 0.895. The molecule has 12 heavy (non-hydrogen) atoms. The van der Waals surface area contributed by atoms with Crippen LogP contribution in [0, 0.1) is 11.8 Å². The minimum Gasteiger partial charge on any atom is -0.303 e. The lowest BCUT2D eigenvalue weighted by Crippen LogP contribution is -2.31. The standard InChI is InChI=1S/C10H21NS/c1-8(2)9(7-12)6-11(3)10-4-5-10/h8-10,12H,4-7H2,1-3H3. The van der Waals surface area contributed by atoms with Crippen molar-refractivity contribution >= 4 is 12.6 Å². The zero-order chi connectivity index (χ0) is 9.14. The Hall–Kier alpha value is 0.310. The number of hydrogen-bond donors (Lipinski definition) is 1. The van der Waals surface area contributed by atoms with Crippen LogP contribution in [-0.2, 0) is 0 Å². The normalized spacial score (nSPS) is 20.5. The van der Waals surface area contributed by atoms with Crippen molar-refractivity contribution in [3.63, 3.8) is 0 Å². The molecule has 1 atom stereocenters. The highest BCUT2D eigenvalue weighted by Gasteiger charge is 2.27. The molecule has 0 saturated heterocycles. The van der Waals surface area contributed by atoms with Crippen molar-refractivity contribution < 1.29 is 0 Å². The molecular formula is C10H21NS. The van der Waals surface area contributed by atoms with Gasteiger partial charge in [-0.1, -0.05) is 13.8 Å². The fourth-order valence-electron chi connectivity index (χ4n) is 1.51. The van der Waals surface area contributed by atoms with Gasteiger partial charge in [-0.2, -0.15) is 12.6 Å². The lowest BCUT2D eigenvalue weighted by molar-refractivity contribution is 0.245. The van der Waals surface area contributed by atoms with Crippen LogP contribution in [0.1, 0.15) is 26.7 Å². The lowest BCUT2D eigenvalue weighted by Gasteiger charge is -2.25. The molecule has 0 spiro atoms. The Morgan fingerprint density at radius 1 is 1.42 bits per heavy atom. The quantitative estimate of drug-likeness (QED) is 0.646. The molecular weight excluding hydrogens is 166 g/mol. The zero-order valence-corrected chi connectivity index (χ0v) is 9.35. The lowest BCUT2D eigenvalue weighted by atomic mass is 9.97. The summed E-state index contributed by atoms with van der Waals surface area (Å²) < 4.78 is 0. The van der Waals surface area contributed by atoms with Crippen LogP contribution in [0.5, 0.6) is 0 Å². The van der Waals surface area contributed by atoms with Crippen LogP contribution in [0.4, 0.5) is 0 Å². The van der Waals surface area contributed by atoms with Crippen molar-refractivity contribution in [2.45, 2.75) is 32.7 Å². The van der Waals surface area contributed by atoms with E-state index in [2.05, 4.69) is 38.4 Å². The summed E-state index contributed by atoms with van der Waals surface area (Å²) in [5.74, 6) is 2.55. The summed E-state index contributed by atoms with van der Waals surface area (Å²) in [4.78, 5) is 2.50. The number of thiol groups is 1. The van der Waals surface area contributed by atoms with Gasteiger partial charge in [0.05, 0.1) is 0 Å². The Morgan fingerprint density at radius 3 is 2.33 bits per heavy atom. The third-order valence-corrected chi connectivity index (χ3v) is 3.34. The third kappa shape index (κ3) is 2.98. The minimum atomic E-state index is 0.763. The fraction of sp³-hybridized carbons (Fsp3) is 1.00. The second kappa shape index (κ2) is 4.52. The molecule has 0 aromatic heterocycles. The maximum Gasteiger partial charge on any atom is 0.00934 e. The molecule has 1 aliphatic rings. The number of hydrogen-bond acceptors (Lipinski definition) is 2. The van der Waals surface area contributed by atoms with Gasteiger partial charge in [-0.15, -0.1) is 0 Å². The fourth-order valence-corrected chi connectivity index (χ4v) is 2.05. The highest BCUT2D eigenvalue weighted by molar-refractivity contribution is 7.80. The molecule has 0 radical (unpaired) electrons.